The highest BCUT2D eigenvalue weighted by Gasteiger charge is 2.44. The smallest absolute Gasteiger partial charge is 0.309 e. The van der Waals surface area contributed by atoms with Crippen molar-refractivity contribution in [3.63, 3.8) is 0 Å². The minimum absolute atomic E-state index is 0.114. The number of benzene rings is 6. The summed E-state index contributed by atoms with van der Waals surface area (Å²) in [6.07, 6.45) is -2.57. The van der Waals surface area contributed by atoms with Crippen LogP contribution in [0.5, 0.6) is 0 Å². The number of carbonyl (C=O) groups is 2. The molecule has 3 N–H and O–H groups in total. The molecule has 6 aromatic carbocycles. The Hall–Kier alpha value is -6.61. The zero-order valence-corrected chi connectivity index (χ0v) is 33.0. The van der Waals surface area contributed by atoms with Crippen LogP contribution in [0.25, 0.3) is 22.4 Å². The van der Waals surface area contributed by atoms with Crippen molar-refractivity contribution in [2.45, 2.75) is 57.0 Å². The van der Waals surface area contributed by atoms with Crippen molar-refractivity contribution >= 4 is 17.6 Å². The van der Waals surface area contributed by atoms with E-state index in [2.05, 4.69) is 5.32 Å². The lowest BCUT2D eigenvalue weighted by atomic mass is 9.79. The van der Waals surface area contributed by atoms with Crippen LogP contribution in [0.1, 0.15) is 71.5 Å². The second-order valence-corrected chi connectivity index (χ2v) is 14.9. The van der Waals surface area contributed by atoms with E-state index in [1.54, 1.807) is 48.5 Å². The molecule has 8 heteroatoms. The van der Waals surface area contributed by atoms with E-state index in [0.29, 0.717) is 44.8 Å². The highest BCUT2D eigenvalue weighted by molar-refractivity contribution is 6.12. The van der Waals surface area contributed by atoms with Crippen LogP contribution in [-0.4, -0.2) is 32.8 Å². The predicted octanol–water partition coefficient (Wildman–Crippen LogP) is 10.7. The number of amides is 1. The van der Waals surface area contributed by atoms with Gasteiger partial charge in [0.15, 0.2) is 11.7 Å². The first-order chi connectivity index (χ1) is 28.6. The molecule has 2 atom stereocenters. The van der Waals surface area contributed by atoms with Gasteiger partial charge in [0.25, 0.3) is 5.91 Å². The van der Waals surface area contributed by atoms with Crippen molar-refractivity contribution in [2.24, 2.45) is 0 Å². The van der Waals surface area contributed by atoms with Crippen molar-refractivity contribution < 1.29 is 28.9 Å². The Bertz CT molecular complexity index is 2420. The molecular weight excluding hydrogens is 740 g/mol. The minimum Gasteiger partial charge on any atom is -0.454 e. The number of anilines is 1. The highest BCUT2D eigenvalue weighted by Crippen LogP contribution is 2.45. The van der Waals surface area contributed by atoms with Crippen molar-refractivity contribution in [3.05, 3.63) is 210 Å². The van der Waals surface area contributed by atoms with Gasteiger partial charge in [-0.05, 0) is 76.6 Å². The van der Waals surface area contributed by atoms with Crippen LogP contribution < -0.4 is 5.32 Å². The number of ether oxygens (including phenoxy) is 1. The summed E-state index contributed by atoms with van der Waals surface area (Å²) in [7, 11) is 0. The number of hydrogen-bond donors (Lipinski definition) is 3. The molecule has 1 heterocycles. The van der Waals surface area contributed by atoms with E-state index in [1.807, 2.05) is 134 Å². The molecule has 0 unspecified atom stereocenters. The van der Waals surface area contributed by atoms with E-state index in [-0.39, 0.29) is 31.2 Å². The topological polar surface area (TPSA) is 101 Å². The molecule has 0 saturated carbocycles. The van der Waals surface area contributed by atoms with Crippen LogP contribution in [0.3, 0.4) is 0 Å². The van der Waals surface area contributed by atoms with E-state index in [1.165, 1.54) is 12.1 Å². The molecule has 0 spiro atoms. The first kappa shape index (κ1) is 40.6. The molecule has 0 aliphatic rings. The van der Waals surface area contributed by atoms with Gasteiger partial charge in [0.1, 0.15) is 5.82 Å². The molecule has 0 radical (unpaired) electrons. The lowest BCUT2D eigenvalue weighted by molar-refractivity contribution is -0.165. The van der Waals surface area contributed by atoms with E-state index in [9.17, 15) is 24.2 Å². The van der Waals surface area contributed by atoms with Gasteiger partial charge < -0.3 is 24.8 Å². The van der Waals surface area contributed by atoms with E-state index in [4.69, 9.17) is 4.74 Å². The van der Waals surface area contributed by atoms with E-state index < -0.39 is 29.6 Å². The van der Waals surface area contributed by atoms with Crippen molar-refractivity contribution in [3.8, 4) is 22.4 Å². The lowest BCUT2D eigenvalue weighted by Crippen LogP contribution is -2.38. The van der Waals surface area contributed by atoms with Gasteiger partial charge in [0.2, 0.25) is 0 Å². The maximum Gasteiger partial charge on any atom is 0.309 e. The van der Waals surface area contributed by atoms with Crippen LogP contribution in [0.15, 0.2) is 176 Å². The quantitative estimate of drug-likeness (QED) is 0.0899. The monoisotopic (exact) mass is 786 g/mol. The second kappa shape index (κ2) is 18.3. The average molecular weight is 787 g/mol. The Balaban J connectivity index is 1.24. The molecular formula is C51H47FN2O5. The van der Waals surface area contributed by atoms with Crippen LogP contribution in [0.4, 0.5) is 10.1 Å². The SMILES string of the molecule is CC(C)c1c(C(=O)Nc2ccccc2)c(-c2ccccc2)c(-c2ccc(F)cc2)n1CC[C@@H](O)CC(=O)O[C@@H](c1ccccc1)C(O)(c1ccccc1)c1ccccc1. The van der Waals surface area contributed by atoms with E-state index >= 15 is 0 Å². The van der Waals surface area contributed by atoms with Gasteiger partial charge >= 0.3 is 5.97 Å². The average Bonchev–Trinajstić information content (AvgIpc) is 3.62. The van der Waals surface area contributed by atoms with Gasteiger partial charge in [0, 0.05) is 23.5 Å². The fourth-order valence-electron chi connectivity index (χ4n) is 7.84. The van der Waals surface area contributed by atoms with Gasteiger partial charge in [-0.25, -0.2) is 4.39 Å². The number of aliphatic hydroxyl groups excluding tert-OH is 1. The first-order valence-corrected chi connectivity index (χ1v) is 19.8. The maximum atomic E-state index is 14.5. The molecule has 59 heavy (non-hydrogen) atoms. The number of rotatable bonds is 15. The molecule has 7 rings (SSSR count). The molecule has 0 aliphatic heterocycles. The standard InChI is InChI=1S/C51H47FN2O5/c1-35(2)47-46(50(57)53-42-26-16-7-17-27-42)45(36-18-8-3-9-19-36)48(37-28-30-41(52)31-29-37)54(47)33-32-43(55)34-44(56)59-49(38-20-10-4-11-21-38)51(58,39-22-12-5-13-23-39)40-24-14-6-15-25-40/h3-31,35,43,49,55,58H,32-34H2,1-2H3,(H,53,57)/t43-,49+/m1/s1. The normalized spacial score (nSPS) is 12.5. The Morgan fingerprint density at radius 3 is 1.75 bits per heavy atom. The molecule has 1 aromatic heterocycles. The molecule has 1 amide bonds. The molecule has 7 nitrogen and oxygen atoms in total. The van der Waals surface area contributed by atoms with Gasteiger partial charge in [-0.2, -0.15) is 0 Å². The summed E-state index contributed by atoms with van der Waals surface area (Å²) in [6, 6.07) is 52.3. The second-order valence-electron chi connectivity index (χ2n) is 14.9. The Morgan fingerprint density at radius 2 is 1.20 bits per heavy atom. The third kappa shape index (κ3) is 8.94. The maximum absolute atomic E-state index is 14.5. The summed E-state index contributed by atoms with van der Waals surface area (Å²) >= 11 is 0. The zero-order chi connectivity index (χ0) is 41.4. The van der Waals surface area contributed by atoms with E-state index in [0.717, 1.165) is 11.3 Å². The Kier molecular flexibility index (Phi) is 12.6. The number of halogens is 1. The summed E-state index contributed by atoms with van der Waals surface area (Å²) < 4.78 is 22.6. The van der Waals surface area contributed by atoms with Crippen LogP contribution in [0, 0.1) is 5.82 Å². The van der Waals surface area contributed by atoms with Crippen molar-refractivity contribution in [2.75, 3.05) is 5.32 Å². The molecule has 7 aromatic rings. The number of aliphatic hydroxyl groups is 2. The van der Waals surface area contributed by atoms with Crippen molar-refractivity contribution in [1.82, 2.24) is 4.57 Å². The third-order valence-electron chi connectivity index (χ3n) is 10.5. The summed E-state index contributed by atoms with van der Waals surface area (Å²) in [4.78, 5) is 28.4. The van der Waals surface area contributed by atoms with Crippen LogP contribution in [-0.2, 0) is 21.7 Å². The fourth-order valence-corrected chi connectivity index (χ4v) is 7.84. The number of nitrogens with zero attached hydrogens (tertiary/aromatic N) is 1. The Labute approximate surface area is 344 Å². The number of nitrogens with one attached hydrogen (secondary N) is 1. The summed E-state index contributed by atoms with van der Waals surface area (Å²) in [5, 5.41) is 27.4. The number of esters is 1. The number of para-hydroxylation sites is 1. The van der Waals surface area contributed by atoms with Crippen LogP contribution in [0.2, 0.25) is 0 Å². The number of aromatic nitrogens is 1. The molecule has 0 aliphatic carbocycles. The van der Waals surface area contributed by atoms with Crippen molar-refractivity contribution in [1.29, 1.82) is 0 Å². The molecule has 0 fully saturated rings. The summed E-state index contributed by atoms with van der Waals surface area (Å²) in [5.41, 5.74) is 4.57. The summed E-state index contributed by atoms with van der Waals surface area (Å²) in [5.74, 6) is -1.56. The molecule has 0 bridgehead atoms. The number of hydrogen-bond acceptors (Lipinski definition) is 5. The van der Waals surface area contributed by atoms with Gasteiger partial charge in [0.05, 0.1) is 23.8 Å². The lowest BCUT2D eigenvalue weighted by Gasteiger charge is -2.37. The minimum atomic E-state index is -1.77. The fraction of sp³-hybridized carbons (Fsp3) is 0.176. The Morgan fingerprint density at radius 1 is 0.695 bits per heavy atom. The van der Waals surface area contributed by atoms with Gasteiger partial charge in [-0.3, -0.25) is 9.59 Å². The summed E-state index contributed by atoms with van der Waals surface area (Å²) in [6.45, 7) is 4.23. The highest BCUT2D eigenvalue weighted by atomic mass is 19.1. The number of carbonyl (C=O) groups excluding carboxylic acids is 2. The zero-order valence-electron chi connectivity index (χ0n) is 33.0. The first-order valence-electron chi connectivity index (χ1n) is 19.8. The van der Waals surface area contributed by atoms with Gasteiger partial charge in [-0.1, -0.05) is 153 Å². The largest absolute Gasteiger partial charge is 0.454 e. The van der Waals surface area contributed by atoms with Crippen LogP contribution >= 0.6 is 0 Å². The van der Waals surface area contributed by atoms with Gasteiger partial charge in [-0.15, -0.1) is 0 Å². The molecule has 0 saturated heterocycles. The third-order valence-corrected chi connectivity index (χ3v) is 10.5. The predicted molar refractivity (Wildman–Crippen MR) is 230 cm³/mol. The molecule has 298 valence electrons.